The molecule has 3 aromatic rings. The van der Waals surface area contributed by atoms with Crippen molar-refractivity contribution in [1.82, 2.24) is 30.2 Å². The molecule has 4 N–H and O–H groups in total. The fourth-order valence-electron chi connectivity index (χ4n) is 4.32. The average Bonchev–Trinajstić information content (AvgIpc) is 3.19. The molecule has 0 radical (unpaired) electrons. The van der Waals surface area contributed by atoms with E-state index >= 15 is 0 Å². The lowest BCUT2D eigenvalue weighted by atomic mass is 10.1. The highest BCUT2D eigenvalue weighted by Crippen LogP contribution is 2.47. The number of nitrogens with two attached hydrogens (primary N) is 1. The van der Waals surface area contributed by atoms with Crippen molar-refractivity contribution in [3.63, 3.8) is 0 Å². The Labute approximate surface area is 198 Å². The number of nitrogens with zero attached hydrogens (tertiary/aromatic N) is 5. The number of hydrogen-bond donors (Lipinski definition) is 3. The topological polar surface area (TPSA) is 152 Å². The third-order valence-electron chi connectivity index (χ3n) is 6.44. The van der Waals surface area contributed by atoms with Crippen LogP contribution >= 0.6 is 0 Å². The van der Waals surface area contributed by atoms with Crippen molar-refractivity contribution in [2.75, 3.05) is 30.8 Å². The minimum absolute atomic E-state index is 0.0112. The molecule has 1 aliphatic heterocycles. The first-order valence-electron chi connectivity index (χ1n) is 11.2. The van der Waals surface area contributed by atoms with Gasteiger partial charge in [-0.25, -0.2) is 23.1 Å². The summed E-state index contributed by atoms with van der Waals surface area (Å²) in [4.78, 5) is 11.0. The Kier molecular flexibility index (Phi) is 5.74. The second-order valence-electron chi connectivity index (χ2n) is 9.07. The molecule has 0 bridgehead atoms. The van der Waals surface area contributed by atoms with Gasteiger partial charge in [0.1, 0.15) is 5.82 Å². The number of nitrogens with one attached hydrogen (secondary N) is 2. The molecule has 1 aliphatic carbocycles. The average molecular weight is 485 g/mol. The van der Waals surface area contributed by atoms with E-state index in [2.05, 4.69) is 35.1 Å². The van der Waals surface area contributed by atoms with E-state index in [4.69, 9.17) is 10.2 Å². The maximum atomic E-state index is 12.2. The molecular weight excluding hydrogens is 456 g/mol. The van der Waals surface area contributed by atoms with E-state index in [1.54, 1.807) is 20.0 Å². The van der Waals surface area contributed by atoms with Gasteiger partial charge in [0.2, 0.25) is 15.9 Å². The van der Waals surface area contributed by atoms with Gasteiger partial charge in [-0.2, -0.15) is 0 Å². The molecule has 12 heteroatoms. The largest absolute Gasteiger partial charge is 0.414 e. The number of anilines is 2. The van der Waals surface area contributed by atoms with Crippen LogP contribution in [-0.4, -0.2) is 60.0 Å². The molecule has 2 aromatic heterocycles. The van der Waals surface area contributed by atoms with Gasteiger partial charge in [0.05, 0.1) is 11.4 Å². The minimum Gasteiger partial charge on any atom is -0.414 e. The van der Waals surface area contributed by atoms with Crippen molar-refractivity contribution >= 4 is 21.7 Å². The van der Waals surface area contributed by atoms with Gasteiger partial charge in [-0.05, 0) is 50.4 Å². The highest BCUT2D eigenvalue weighted by molar-refractivity contribution is 7.90. The van der Waals surface area contributed by atoms with E-state index in [1.807, 2.05) is 31.3 Å². The third kappa shape index (κ3) is 4.24. The van der Waals surface area contributed by atoms with Gasteiger partial charge in [0, 0.05) is 31.2 Å². The van der Waals surface area contributed by atoms with Gasteiger partial charge in [0.15, 0.2) is 11.5 Å². The van der Waals surface area contributed by atoms with Crippen LogP contribution in [0.1, 0.15) is 19.4 Å². The van der Waals surface area contributed by atoms with Crippen LogP contribution in [0.2, 0.25) is 0 Å². The summed E-state index contributed by atoms with van der Waals surface area (Å²) in [6.45, 7) is 5.53. The second kappa shape index (κ2) is 8.60. The smallest absolute Gasteiger partial charge is 0.270 e. The fourth-order valence-corrected chi connectivity index (χ4v) is 5.32. The van der Waals surface area contributed by atoms with Crippen molar-refractivity contribution < 1.29 is 12.8 Å². The second-order valence-corrected chi connectivity index (χ2v) is 11.3. The molecule has 1 saturated carbocycles. The van der Waals surface area contributed by atoms with Crippen molar-refractivity contribution in [2.45, 2.75) is 31.7 Å². The molecule has 2 unspecified atom stereocenters. The quantitative estimate of drug-likeness (QED) is 0.426. The molecule has 34 heavy (non-hydrogen) atoms. The molecule has 0 amide bonds. The number of sulfonamides is 1. The highest BCUT2D eigenvalue weighted by Gasteiger charge is 2.57. The van der Waals surface area contributed by atoms with Crippen LogP contribution in [0.4, 0.5) is 11.6 Å². The minimum atomic E-state index is -3.28. The first kappa shape index (κ1) is 22.7. The van der Waals surface area contributed by atoms with Gasteiger partial charge in [-0.15, -0.1) is 10.2 Å². The zero-order valence-electron chi connectivity index (χ0n) is 19.3. The summed E-state index contributed by atoms with van der Waals surface area (Å²) in [6.07, 6.45) is 1.62. The van der Waals surface area contributed by atoms with E-state index < -0.39 is 15.3 Å². The van der Waals surface area contributed by atoms with Gasteiger partial charge >= 0.3 is 0 Å². The van der Waals surface area contributed by atoms with Gasteiger partial charge in [0.25, 0.3) is 5.89 Å². The number of aromatic nitrogens is 4. The summed E-state index contributed by atoms with van der Waals surface area (Å²) >= 11 is 0. The predicted octanol–water partition coefficient (Wildman–Crippen LogP) is 1.26. The van der Waals surface area contributed by atoms with E-state index in [1.165, 1.54) is 0 Å². The summed E-state index contributed by atoms with van der Waals surface area (Å²) in [5, 5.41) is 11.0. The maximum absolute atomic E-state index is 12.2. The standard InChI is InChI=1S/C22H28N8O3S/c1-12(2)34(31,32)29-18-15-10-30(11-16(15)18)17-9-25-20(23)19(26-17)22-28-27-21(33-22)14-6-4-13(5-7-14)8-24-3/h4-7,9,12,15-16,18,24,29H,8,10-11H2,1-3H3,(H2,23,25). The molecule has 0 spiro atoms. The number of nitrogen functional groups attached to an aromatic ring is 1. The molecule has 2 atom stereocenters. The van der Waals surface area contributed by atoms with Gasteiger partial charge in [-0.1, -0.05) is 12.1 Å². The van der Waals surface area contributed by atoms with E-state index in [0.29, 0.717) is 30.5 Å². The van der Waals surface area contributed by atoms with Crippen LogP contribution in [0.25, 0.3) is 23.0 Å². The summed E-state index contributed by atoms with van der Waals surface area (Å²) in [5.74, 6) is 1.95. The fraction of sp³-hybridized carbons (Fsp3) is 0.455. The number of rotatable bonds is 8. The molecule has 5 rings (SSSR count). The lowest BCUT2D eigenvalue weighted by Gasteiger charge is -2.21. The SMILES string of the molecule is CNCc1ccc(-c2nnc(-c3nc(N4CC5C(C4)C5NS(=O)(=O)C(C)C)cnc3N)o2)cc1. The van der Waals surface area contributed by atoms with Crippen LogP contribution in [0.3, 0.4) is 0 Å². The molecule has 11 nitrogen and oxygen atoms in total. The Hall–Kier alpha value is -3.09. The molecule has 3 heterocycles. The first-order chi connectivity index (χ1) is 16.3. The zero-order valence-corrected chi connectivity index (χ0v) is 20.1. The lowest BCUT2D eigenvalue weighted by Crippen LogP contribution is -2.38. The molecule has 2 aliphatic rings. The molecule has 1 aromatic carbocycles. The lowest BCUT2D eigenvalue weighted by molar-refractivity contribution is 0.561. The Morgan fingerprint density at radius 2 is 1.82 bits per heavy atom. The summed E-state index contributed by atoms with van der Waals surface area (Å²) in [5.41, 5.74) is 8.36. The Bertz CT molecular complexity index is 1280. The third-order valence-corrected chi connectivity index (χ3v) is 8.28. The summed E-state index contributed by atoms with van der Waals surface area (Å²) in [6, 6.07) is 7.84. The van der Waals surface area contributed by atoms with Crippen LogP contribution in [0.5, 0.6) is 0 Å². The summed E-state index contributed by atoms with van der Waals surface area (Å²) < 4.78 is 33.0. The van der Waals surface area contributed by atoms with Crippen LogP contribution < -0.4 is 20.7 Å². The maximum Gasteiger partial charge on any atom is 0.270 e. The molecular formula is C22H28N8O3S. The van der Waals surface area contributed by atoms with Crippen LogP contribution in [-0.2, 0) is 16.6 Å². The normalized spacial score (nSPS) is 21.8. The molecule has 180 valence electrons. The highest BCUT2D eigenvalue weighted by atomic mass is 32.2. The molecule has 2 fully saturated rings. The number of benzene rings is 1. The zero-order chi connectivity index (χ0) is 24.0. The van der Waals surface area contributed by atoms with Crippen molar-refractivity contribution in [3.05, 3.63) is 36.0 Å². The number of hydrogen-bond acceptors (Lipinski definition) is 10. The Balaban J connectivity index is 1.30. The van der Waals surface area contributed by atoms with Crippen molar-refractivity contribution in [2.24, 2.45) is 11.8 Å². The van der Waals surface area contributed by atoms with Crippen LogP contribution in [0, 0.1) is 11.8 Å². The predicted molar refractivity (Wildman–Crippen MR) is 128 cm³/mol. The molecule has 1 saturated heterocycles. The van der Waals surface area contributed by atoms with E-state index in [0.717, 1.165) is 17.7 Å². The van der Waals surface area contributed by atoms with Crippen molar-refractivity contribution in [3.8, 4) is 23.0 Å². The van der Waals surface area contributed by atoms with Gasteiger partial charge in [-0.3, -0.25) is 0 Å². The van der Waals surface area contributed by atoms with Crippen LogP contribution in [0.15, 0.2) is 34.9 Å². The van der Waals surface area contributed by atoms with E-state index in [9.17, 15) is 8.42 Å². The monoisotopic (exact) mass is 484 g/mol. The Morgan fingerprint density at radius 3 is 2.47 bits per heavy atom. The van der Waals surface area contributed by atoms with Gasteiger partial charge < -0.3 is 20.4 Å². The van der Waals surface area contributed by atoms with E-state index in [-0.39, 0.29) is 29.6 Å². The number of fused-ring (bicyclic) bond motifs is 1. The summed E-state index contributed by atoms with van der Waals surface area (Å²) in [7, 11) is -1.38. The number of piperidine rings is 1. The Morgan fingerprint density at radius 1 is 1.15 bits per heavy atom. The van der Waals surface area contributed by atoms with Crippen molar-refractivity contribution in [1.29, 1.82) is 0 Å². The first-order valence-corrected chi connectivity index (χ1v) is 12.8.